The van der Waals surface area contributed by atoms with Crippen molar-refractivity contribution in [1.29, 1.82) is 0 Å². The first kappa shape index (κ1) is 23.2. The average molecular weight is 484 g/mol. The summed E-state index contributed by atoms with van der Waals surface area (Å²) in [5.74, 6) is -0.0545. The van der Waals surface area contributed by atoms with Gasteiger partial charge in [-0.25, -0.2) is 0 Å². The molecule has 4 aromatic rings. The van der Waals surface area contributed by atoms with Gasteiger partial charge in [-0.05, 0) is 48.1 Å². The number of hydrogen-bond donors (Lipinski definition) is 1. The van der Waals surface area contributed by atoms with Gasteiger partial charge in [0.05, 0.1) is 17.1 Å². The van der Waals surface area contributed by atoms with E-state index in [1.807, 2.05) is 64.9 Å². The lowest BCUT2D eigenvalue weighted by Crippen LogP contribution is -2.43. The Hall–Kier alpha value is -3.55. The molecule has 1 N–H and O–H groups in total. The van der Waals surface area contributed by atoms with Gasteiger partial charge in [-0.2, -0.15) is 5.10 Å². The van der Waals surface area contributed by atoms with E-state index in [1.165, 1.54) is 5.56 Å². The lowest BCUT2D eigenvalue weighted by Gasteiger charge is -2.31. The Morgan fingerprint density at radius 1 is 1.03 bits per heavy atom. The molecule has 1 aliphatic rings. The van der Waals surface area contributed by atoms with Gasteiger partial charge in [0.15, 0.2) is 0 Å². The van der Waals surface area contributed by atoms with Gasteiger partial charge in [0.25, 0.3) is 0 Å². The zero-order chi connectivity index (χ0) is 23.9. The first-order chi connectivity index (χ1) is 17.2. The fraction of sp³-hybridized carbons (Fsp3) is 0.250. The number of pyridine rings is 1. The van der Waals surface area contributed by atoms with Crippen LogP contribution in [0.5, 0.6) is 0 Å². The highest BCUT2D eigenvalue weighted by Gasteiger charge is 2.20. The molecule has 1 saturated heterocycles. The molecule has 0 spiro atoms. The quantitative estimate of drug-likeness (QED) is 0.364. The largest absolute Gasteiger partial charge is 0.350 e. The minimum Gasteiger partial charge on any atom is -0.350 e. The van der Waals surface area contributed by atoms with Crippen LogP contribution in [0.4, 0.5) is 0 Å². The Morgan fingerprint density at radius 3 is 2.60 bits per heavy atom. The predicted octanol–water partition coefficient (Wildman–Crippen LogP) is 4.85. The van der Waals surface area contributed by atoms with Gasteiger partial charge in [-0.1, -0.05) is 42.5 Å². The summed E-state index contributed by atoms with van der Waals surface area (Å²) in [6, 6.07) is 20.6. The molecule has 0 radical (unpaired) electrons. The molecule has 5 rings (SSSR count). The summed E-state index contributed by atoms with van der Waals surface area (Å²) in [5.41, 5.74) is 4.13. The third kappa shape index (κ3) is 6.32. The van der Waals surface area contributed by atoms with Crippen LogP contribution in [-0.2, 0) is 17.9 Å². The van der Waals surface area contributed by atoms with Crippen LogP contribution in [0.15, 0.2) is 84.5 Å². The summed E-state index contributed by atoms with van der Waals surface area (Å²) in [7, 11) is 0. The van der Waals surface area contributed by atoms with Crippen molar-refractivity contribution in [3.63, 3.8) is 0 Å². The number of carbonyl (C=O) groups excluding carboxylic acids is 1. The van der Waals surface area contributed by atoms with E-state index in [0.717, 1.165) is 54.3 Å². The third-order valence-electron chi connectivity index (χ3n) is 6.19. The molecule has 1 fully saturated rings. The number of hydrogen-bond acceptors (Lipinski definition) is 5. The van der Waals surface area contributed by atoms with Crippen molar-refractivity contribution in [2.75, 3.05) is 13.1 Å². The highest BCUT2D eigenvalue weighted by molar-refractivity contribution is 7.13. The van der Waals surface area contributed by atoms with Crippen LogP contribution in [0.2, 0.25) is 0 Å². The number of aromatic nitrogens is 3. The van der Waals surface area contributed by atoms with Gasteiger partial charge in [-0.15, -0.1) is 11.3 Å². The average Bonchev–Trinajstić information content (AvgIpc) is 3.55. The fourth-order valence-corrected chi connectivity index (χ4v) is 5.12. The van der Waals surface area contributed by atoms with Crippen LogP contribution in [-0.4, -0.2) is 44.7 Å². The van der Waals surface area contributed by atoms with Gasteiger partial charge in [0, 0.05) is 49.7 Å². The molecule has 6 nitrogen and oxygen atoms in total. The molecule has 178 valence electrons. The van der Waals surface area contributed by atoms with Gasteiger partial charge in [-0.3, -0.25) is 19.4 Å². The van der Waals surface area contributed by atoms with Crippen LogP contribution >= 0.6 is 11.3 Å². The molecule has 1 aliphatic heterocycles. The summed E-state index contributed by atoms with van der Waals surface area (Å²) < 4.78 is 1.94. The van der Waals surface area contributed by atoms with Crippen molar-refractivity contribution in [2.24, 2.45) is 0 Å². The minimum atomic E-state index is -0.0545. The Balaban J connectivity index is 1.19. The molecule has 0 saturated carbocycles. The Bertz CT molecular complexity index is 1240. The standard InChI is InChI=1S/C28H29N5OS/c34-27(30-24-13-16-32(17-14-24)21-25-9-4-5-15-29-25)12-11-23-20-33(19-22-7-2-1-3-8-22)31-28(23)26-10-6-18-35-26/h1-12,15,18,20,24H,13-14,16-17,19,21H2,(H,30,34)/b12-11+. The molecule has 0 unspecified atom stereocenters. The van der Waals surface area contributed by atoms with Gasteiger partial charge < -0.3 is 5.32 Å². The van der Waals surface area contributed by atoms with Gasteiger partial charge in [0.1, 0.15) is 5.69 Å². The first-order valence-corrected chi connectivity index (χ1v) is 12.9. The van der Waals surface area contributed by atoms with Crippen LogP contribution in [0, 0.1) is 0 Å². The number of nitrogens with zero attached hydrogens (tertiary/aromatic N) is 4. The summed E-state index contributed by atoms with van der Waals surface area (Å²) in [6.45, 7) is 3.47. The number of carbonyl (C=O) groups is 1. The SMILES string of the molecule is O=C(/C=C/c1cn(Cc2ccccc2)nc1-c1cccs1)NC1CCN(Cc2ccccn2)CC1. The predicted molar refractivity (Wildman–Crippen MR) is 141 cm³/mol. The minimum absolute atomic E-state index is 0.0545. The van der Waals surface area contributed by atoms with Crippen molar-refractivity contribution in [3.05, 3.63) is 101 Å². The van der Waals surface area contributed by atoms with Crippen LogP contribution < -0.4 is 5.32 Å². The van der Waals surface area contributed by atoms with E-state index in [-0.39, 0.29) is 11.9 Å². The number of piperidine rings is 1. The smallest absolute Gasteiger partial charge is 0.244 e. The molecular weight excluding hydrogens is 454 g/mol. The molecule has 0 atom stereocenters. The molecule has 1 amide bonds. The van der Waals surface area contributed by atoms with Crippen LogP contribution in [0.25, 0.3) is 16.6 Å². The number of benzene rings is 1. The summed E-state index contributed by atoms with van der Waals surface area (Å²) in [5, 5.41) is 10.0. The number of likely N-dealkylation sites (tertiary alicyclic amines) is 1. The van der Waals surface area contributed by atoms with Crippen LogP contribution in [0.1, 0.15) is 29.7 Å². The molecule has 4 heterocycles. The van der Waals surface area contributed by atoms with Crippen molar-refractivity contribution < 1.29 is 4.79 Å². The monoisotopic (exact) mass is 483 g/mol. The molecule has 35 heavy (non-hydrogen) atoms. The van der Waals surface area contributed by atoms with E-state index >= 15 is 0 Å². The Kier molecular flexibility index (Phi) is 7.46. The van der Waals surface area contributed by atoms with Crippen molar-refractivity contribution in [1.82, 2.24) is 25.0 Å². The topological polar surface area (TPSA) is 63.1 Å². The summed E-state index contributed by atoms with van der Waals surface area (Å²) in [6.07, 6.45) is 9.27. The summed E-state index contributed by atoms with van der Waals surface area (Å²) in [4.78, 5) is 20.6. The first-order valence-electron chi connectivity index (χ1n) is 12.0. The maximum absolute atomic E-state index is 12.7. The second-order valence-electron chi connectivity index (χ2n) is 8.81. The maximum Gasteiger partial charge on any atom is 0.244 e. The third-order valence-corrected chi connectivity index (χ3v) is 7.07. The van der Waals surface area contributed by atoms with E-state index in [9.17, 15) is 4.79 Å². The second kappa shape index (κ2) is 11.3. The van der Waals surface area contributed by atoms with Crippen molar-refractivity contribution in [2.45, 2.75) is 32.0 Å². The van der Waals surface area contributed by atoms with Crippen molar-refractivity contribution >= 4 is 23.3 Å². The van der Waals surface area contributed by atoms with Gasteiger partial charge >= 0.3 is 0 Å². The van der Waals surface area contributed by atoms with E-state index in [4.69, 9.17) is 5.10 Å². The zero-order valence-corrected chi connectivity index (χ0v) is 20.4. The molecule has 0 aliphatic carbocycles. The lowest BCUT2D eigenvalue weighted by molar-refractivity contribution is -0.117. The van der Waals surface area contributed by atoms with E-state index in [1.54, 1.807) is 17.4 Å². The number of amides is 1. The van der Waals surface area contributed by atoms with E-state index in [0.29, 0.717) is 6.54 Å². The molecule has 0 bridgehead atoms. The fourth-order valence-electron chi connectivity index (χ4n) is 4.39. The van der Waals surface area contributed by atoms with E-state index in [2.05, 4.69) is 39.5 Å². The maximum atomic E-state index is 12.7. The normalized spacial score (nSPS) is 15.0. The van der Waals surface area contributed by atoms with Gasteiger partial charge in [0.2, 0.25) is 5.91 Å². The summed E-state index contributed by atoms with van der Waals surface area (Å²) >= 11 is 1.65. The van der Waals surface area contributed by atoms with Crippen molar-refractivity contribution in [3.8, 4) is 10.6 Å². The number of thiophene rings is 1. The number of rotatable bonds is 8. The highest BCUT2D eigenvalue weighted by atomic mass is 32.1. The van der Waals surface area contributed by atoms with E-state index < -0.39 is 0 Å². The molecule has 1 aromatic carbocycles. The van der Waals surface area contributed by atoms with Crippen LogP contribution in [0.3, 0.4) is 0 Å². The Morgan fingerprint density at radius 2 is 1.86 bits per heavy atom. The molecule has 7 heteroatoms. The molecular formula is C28H29N5OS. The second-order valence-corrected chi connectivity index (χ2v) is 9.75. The number of nitrogens with one attached hydrogen (secondary N) is 1. The molecule has 3 aromatic heterocycles. The highest BCUT2D eigenvalue weighted by Crippen LogP contribution is 2.28. The zero-order valence-electron chi connectivity index (χ0n) is 19.6. The lowest BCUT2D eigenvalue weighted by atomic mass is 10.0. The Labute approximate surface area is 209 Å².